The first-order chi connectivity index (χ1) is 12.1. The smallest absolute Gasteiger partial charge is 0.214 e. The zero-order valence-electron chi connectivity index (χ0n) is 14.3. The molecule has 1 aliphatic heterocycles. The molecule has 0 radical (unpaired) electrons. The molecule has 1 aromatic carbocycles. The van der Waals surface area contributed by atoms with E-state index >= 15 is 0 Å². The van der Waals surface area contributed by atoms with Crippen molar-refractivity contribution in [3.05, 3.63) is 36.2 Å². The fourth-order valence-corrected chi connectivity index (χ4v) is 5.72. The Morgan fingerprint density at radius 3 is 2.56 bits per heavy atom. The summed E-state index contributed by atoms with van der Waals surface area (Å²) in [4.78, 5) is 4.63. The molecule has 7 heteroatoms. The summed E-state index contributed by atoms with van der Waals surface area (Å²) >= 11 is 0. The Morgan fingerprint density at radius 1 is 1.04 bits per heavy atom. The van der Waals surface area contributed by atoms with Crippen LogP contribution in [0.2, 0.25) is 0 Å². The molecule has 1 aliphatic carbocycles. The Bertz CT molecular complexity index is 801. The number of aromatic nitrogens is 3. The van der Waals surface area contributed by atoms with E-state index in [2.05, 4.69) is 10.1 Å². The van der Waals surface area contributed by atoms with E-state index in [0.29, 0.717) is 37.7 Å². The summed E-state index contributed by atoms with van der Waals surface area (Å²) in [6.45, 7) is 1.56. The van der Waals surface area contributed by atoms with Crippen molar-refractivity contribution in [2.24, 2.45) is 5.92 Å². The molecule has 1 fully saturated rings. The van der Waals surface area contributed by atoms with Crippen LogP contribution in [0.4, 0.5) is 0 Å². The first-order valence-corrected chi connectivity index (χ1v) is 10.7. The van der Waals surface area contributed by atoms with Gasteiger partial charge in [-0.3, -0.25) is 0 Å². The van der Waals surface area contributed by atoms with Gasteiger partial charge in [0.2, 0.25) is 10.0 Å². The maximum Gasteiger partial charge on any atom is 0.214 e. The number of hydrogen-bond acceptors (Lipinski definition) is 4. The van der Waals surface area contributed by atoms with Crippen LogP contribution < -0.4 is 0 Å². The molecule has 134 valence electrons. The van der Waals surface area contributed by atoms with Crippen molar-refractivity contribution < 1.29 is 8.42 Å². The van der Waals surface area contributed by atoms with Crippen molar-refractivity contribution in [1.82, 2.24) is 19.1 Å². The summed E-state index contributed by atoms with van der Waals surface area (Å²) in [5.74, 6) is 2.24. The molecule has 2 aliphatic rings. The SMILES string of the molecule is O=S(=O)(CC1CCCC1)N1CCc2nc(-c3ccccc3)nn2CC1. The van der Waals surface area contributed by atoms with E-state index < -0.39 is 10.0 Å². The van der Waals surface area contributed by atoms with Gasteiger partial charge in [0.1, 0.15) is 5.82 Å². The molecular weight excluding hydrogens is 336 g/mol. The van der Waals surface area contributed by atoms with Crippen LogP contribution in [0, 0.1) is 5.92 Å². The lowest BCUT2D eigenvalue weighted by Gasteiger charge is -2.21. The third kappa shape index (κ3) is 3.62. The van der Waals surface area contributed by atoms with Crippen molar-refractivity contribution in [3.63, 3.8) is 0 Å². The molecule has 0 spiro atoms. The molecule has 4 rings (SSSR count). The molecule has 0 amide bonds. The van der Waals surface area contributed by atoms with Crippen molar-refractivity contribution in [1.29, 1.82) is 0 Å². The molecule has 0 bridgehead atoms. The van der Waals surface area contributed by atoms with Crippen molar-refractivity contribution in [2.75, 3.05) is 18.8 Å². The molecule has 25 heavy (non-hydrogen) atoms. The Kier molecular flexibility index (Phi) is 4.60. The van der Waals surface area contributed by atoms with Crippen LogP contribution >= 0.6 is 0 Å². The molecule has 0 N–H and O–H groups in total. The summed E-state index contributed by atoms with van der Waals surface area (Å²) < 4.78 is 29.0. The first kappa shape index (κ1) is 16.7. The molecule has 0 saturated heterocycles. The van der Waals surface area contributed by atoms with Gasteiger partial charge in [-0.1, -0.05) is 43.2 Å². The van der Waals surface area contributed by atoms with Gasteiger partial charge in [0.25, 0.3) is 0 Å². The Morgan fingerprint density at radius 2 is 1.80 bits per heavy atom. The molecular formula is C18H24N4O2S. The van der Waals surface area contributed by atoms with Gasteiger partial charge in [0.15, 0.2) is 5.82 Å². The van der Waals surface area contributed by atoms with E-state index in [1.54, 1.807) is 4.31 Å². The quantitative estimate of drug-likeness (QED) is 0.839. The average Bonchev–Trinajstić information content (AvgIpc) is 3.21. The highest BCUT2D eigenvalue weighted by Gasteiger charge is 2.30. The first-order valence-electron chi connectivity index (χ1n) is 9.09. The maximum absolute atomic E-state index is 12.7. The zero-order valence-corrected chi connectivity index (χ0v) is 15.2. The van der Waals surface area contributed by atoms with Gasteiger partial charge in [-0.25, -0.2) is 18.1 Å². The second kappa shape index (κ2) is 6.88. The second-order valence-electron chi connectivity index (χ2n) is 7.02. The number of hydrogen-bond donors (Lipinski definition) is 0. The van der Waals surface area contributed by atoms with Crippen LogP contribution in [-0.4, -0.2) is 46.3 Å². The van der Waals surface area contributed by atoms with Gasteiger partial charge >= 0.3 is 0 Å². The van der Waals surface area contributed by atoms with Crippen LogP contribution in [0.5, 0.6) is 0 Å². The highest BCUT2D eigenvalue weighted by molar-refractivity contribution is 7.89. The fraction of sp³-hybridized carbons (Fsp3) is 0.556. The number of benzene rings is 1. The van der Waals surface area contributed by atoms with E-state index in [9.17, 15) is 8.42 Å². The number of sulfonamides is 1. The summed E-state index contributed by atoms with van der Waals surface area (Å²) in [6.07, 6.45) is 5.06. The van der Waals surface area contributed by atoms with Crippen LogP contribution in [0.25, 0.3) is 11.4 Å². The lowest BCUT2D eigenvalue weighted by Crippen LogP contribution is -2.37. The van der Waals surface area contributed by atoms with Crippen molar-refractivity contribution >= 4 is 10.0 Å². The maximum atomic E-state index is 12.7. The highest BCUT2D eigenvalue weighted by Crippen LogP contribution is 2.27. The fourth-order valence-electron chi connectivity index (χ4n) is 3.85. The van der Waals surface area contributed by atoms with E-state index in [1.165, 1.54) is 12.8 Å². The number of rotatable bonds is 4. The van der Waals surface area contributed by atoms with Crippen LogP contribution in [-0.2, 0) is 23.0 Å². The van der Waals surface area contributed by atoms with Crippen LogP contribution in [0.3, 0.4) is 0 Å². The second-order valence-corrected chi connectivity index (χ2v) is 9.03. The molecule has 1 saturated carbocycles. The van der Waals surface area contributed by atoms with E-state index in [0.717, 1.165) is 30.1 Å². The minimum absolute atomic E-state index is 0.304. The normalized spacial score (nSPS) is 19.7. The molecule has 2 heterocycles. The topological polar surface area (TPSA) is 68.1 Å². The van der Waals surface area contributed by atoms with Crippen LogP contribution in [0.15, 0.2) is 30.3 Å². The van der Waals surface area contributed by atoms with Crippen molar-refractivity contribution in [2.45, 2.75) is 38.6 Å². The lowest BCUT2D eigenvalue weighted by molar-refractivity contribution is 0.403. The van der Waals surface area contributed by atoms with Gasteiger partial charge in [0, 0.05) is 25.1 Å². The molecule has 0 unspecified atom stereocenters. The van der Waals surface area contributed by atoms with Crippen molar-refractivity contribution in [3.8, 4) is 11.4 Å². The van der Waals surface area contributed by atoms with E-state index in [-0.39, 0.29) is 0 Å². The monoisotopic (exact) mass is 360 g/mol. The highest BCUT2D eigenvalue weighted by atomic mass is 32.2. The molecule has 0 atom stereocenters. The van der Waals surface area contributed by atoms with E-state index in [4.69, 9.17) is 0 Å². The Labute approximate surface area is 148 Å². The Hall–Kier alpha value is -1.73. The van der Waals surface area contributed by atoms with Gasteiger partial charge < -0.3 is 0 Å². The lowest BCUT2D eigenvalue weighted by atomic mass is 10.1. The standard InChI is InChI=1S/C18H24N4O2S/c23-25(24,14-15-6-4-5-7-15)21-11-10-17-19-18(20-22(17)13-12-21)16-8-2-1-3-9-16/h1-3,8-9,15H,4-7,10-14H2. The zero-order chi connectivity index (χ0) is 17.3. The molecule has 2 aromatic rings. The minimum atomic E-state index is -3.18. The van der Waals surface area contributed by atoms with Gasteiger partial charge in [-0.05, 0) is 18.8 Å². The van der Waals surface area contributed by atoms with Gasteiger partial charge in [-0.2, -0.15) is 9.40 Å². The summed E-state index contributed by atoms with van der Waals surface area (Å²) in [7, 11) is -3.18. The molecule has 6 nitrogen and oxygen atoms in total. The number of nitrogens with zero attached hydrogens (tertiary/aromatic N) is 4. The third-order valence-corrected chi connectivity index (χ3v) is 7.29. The third-order valence-electron chi connectivity index (χ3n) is 5.24. The summed E-state index contributed by atoms with van der Waals surface area (Å²) in [5.41, 5.74) is 0.994. The van der Waals surface area contributed by atoms with Crippen LogP contribution in [0.1, 0.15) is 31.5 Å². The van der Waals surface area contributed by atoms with Gasteiger partial charge in [-0.15, -0.1) is 0 Å². The molecule has 1 aromatic heterocycles. The van der Waals surface area contributed by atoms with Gasteiger partial charge in [0.05, 0.1) is 12.3 Å². The predicted molar refractivity (Wildman–Crippen MR) is 96.5 cm³/mol. The number of fused-ring (bicyclic) bond motifs is 1. The summed E-state index contributed by atoms with van der Waals surface area (Å²) in [5, 5.41) is 4.58. The largest absolute Gasteiger partial charge is 0.248 e. The van der Waals surface area contributed by atoms with E-state index in [1.807, 2.05) is 35.0 Å². The predicted octanol–water partition coefficient (Wildman–Crippen LogP) is 2.32. The average molecular weight is 360 g/mol. The minimum Gasteiger partial charge on any atom is -0.248 e. The Balaban J connectivity index is 1.46. The summed E-state index contributed by atoms with van der Waals surface area (Å²) in [6, 6.07) is 9.90.